The van der Waals surface area contributed by atoms with Gasteiger partial charge in [0.1, 0.15) is 48.1 Å². The van der Waals surface area contributed by atoms with Crippen molar-refractivity contribution < 1.29 is 101 Å². The highest BCUT2D eigenvalue weighted by atomic mass is 16.6. The van der Waals surface area contributed by atoms with Crippen molar-refractivity contribution in [2.45, 2.75) is 191 Å². The fourth-order valence-corrected chi connectivity index (χ4v) is 14.2. The Morgan fingerprint density at radius 3 is 1.97 bits per heavy atom. The van der Waals surface area contributed by atoms with Gasteiger partial charge in [0, 0.05) is 38.5 Å². The van der Waals surface area contributed by atoms with Crippen molar-refractivity contribution in [3.63, 3.8) is 0 Å². The van der Waals surface area contributed by atoms with Gasteiger partial charge in [0.25, 0.3) is 5.91 Å². The van der Waals surface area contributed by atoms with Crippen molar-refractivity contribution in [2.75, 3.05) is 6.61 Å². The number of nitrogens with one attached hydrogen (secondary N) is 4. The number of rotatable bonds is 20. The van der Waals surface area contributed by atoms with Crippen molar-refractivity contribution >= 4 is 71.3 Å². The number of urea groups is 1. The van der Waals surface area contributed by atoms with E-state index in [4.69, 9.17) is 33.2 Å². The molecule has 9 rings (SSSR count). The number of ketones is 1. The molecule has 2 aliphatic heterocycles. The number of carboxylic acids is 1. The average molecular weight is 1210 g/mol. The number of hydrogen-bond donors (Lipinski definition) is 6. The molecule has 1 unspecified atom stereocenters. The van der Waals surface area contributed by atoms with E-state index in [2.05, 4.69) is 16.0 Å². The summed E-state index contributed by atoms with van der Waals surface area (Å²) < 4.78 is 44.2. The SMILES string of the molecule is CC(=O)O[C@H]1C(=O)[C@]2(C)[C@@H](OC(=O)C3CCCC3)C[C@H]3OC[C@@]3(OC(C)=O)[C@H]2[C@H](OC(=O)c2ccccc2)[C@]2(O)C[C@H](OC(=O)[C@H](OC(=O)C3CCCC3)[C@@H](NC(=O)[C@@H](CCC(=O)O)NC(=O)CC3NC(=O)NC3=O)c3ccccc3)C(C)=C1C2(C)C. The average Bonchev–Trinajstić information content (AvgIpc) is 1.24. The number of aliphatic hydroxyl groups is 1. The number of ether oxygens (including phenoxy) is 7. The summed E-state index contributed by atoms with van der Waals surface area (Å²) in [5, 5.41) is 33.5. The van der Waals surface area contributed by atoms with Gasteiger partial charge in [-0.05, 0) is 74.8 Å². The minimum Gasteiger partial charge on any atom is -0.481 e. The highest BCUT2D eigenvalue weighted by Crippen LogP contribution is 2.65. The Morgan fingerprint density at radius 2 is 1.40 bits per heavy atom. The lowest BCUT2D eigenvalue weighted by atomic mass is 9.44. The highest BCUT2D eigenvalue weighted by Gasteiger charge is 2.79. The van der Waals surface area contributed by atoms with Crippen molar-refractivity contribution in [3.05, 3.63) is 82.9 Å². The fraction of sp³-hybridized carbons (Fsp3) is 0.581. The van der Waals surface area contributed by atoms with E-state index in [0.717, 1.165) is 26.7 Å². The standard InChI is InChI=1S/C62H74N4O21/c1-31-40(83-57(78)48(85-55(76)36-23-15-16-24-36)46(34-17-9-7-10-18-34)65-52(73)38(25-26-44(70)71)63-43(69)27-39-53(74)66-58(79)64-39)29-62(80)51(86-56(77)37-19-11-8-12-20-37)49-60(6,50(72)47(82-32(2)67)45(31)59(62,4)5)41(84-54(75)35-21-13-14-22-35)28-42-61(49,30-81-42)87-33(3)68/h7-12,17-20,35-36,38-42,46-49,51,80H,13-16,21-30H2,1-6H3,(H,63,69)(H,65,73)(H,70,71)(H2,64,66,74,79)/t38-,39?,40+,41+,42-,46+,47-,48-,49+,51+,60-,61+,62-/m1/s1. The molecule has 2 bridgehead atoms. The van der Waals surface area contributed by atoms with Gasteiger partial charge < -0.3 is 59.3 Å². The van der Waals surface area contributed by atoms with E-state index in [1.165, 1.54) is 52.0 Å². The second-order valence-corrected chi connectivity index (χ2v) is 24.6. The van der Waals surface area contributed by atoms with Gasteiger partial charge >= 0.3 is 47.8 Å². The van der Waals surface area contributed by atoms with Crippen LogP contribution in [0.4, 0.5) is 4.79 Å². The van der Waals surface area contributed by atoms with Crippen LogP contribution in [0.15, 0.2) is 71.8 Å². The number of Topliss-reactive ketones (excluding diaryl/α,β-unsaturated/α-hetero) is 1. The molecule has 6 fully saturated rings. The number of benzene rings is 2. The van der Waals surface area contributed by atoms with Gasteiger partial charge in [-0.3, -0.25) is 48.5 Å². The summed E-state index contributed by atoms with van der Waals surface area (Å²) in [6, 6.07) is 9.75. The predicted octanol–water partition coefficient (Wildman–Crippen LogP) is 3.85. The molecule has 6 N–H and O–H groups in total. The molecule has 25 nitrogen and oxygen atoms in total. The van der Waals surface area contributed by atoms with Crippen LogP contribution in [0.25, 0.3) is 0 Å². The molecule has 13 atom stereocenters. The second-order valence-electron chi connectivity index (χ2n) is 24.6. The molecule has 87 heavy (non-hydrogen) atoms. The first-order valence-corrected chi connectivity index (χ1v) is 29.5. The minimum atomic E-state index is -2.60. The quantitative estimate of drug-likeness (QED) is 0.0474. The fourth-order valence-electron chi connectivity index (χ4n) is 14.2. The predicted molar refractivity (Wildman–Crippen MR) is 297 cm³/mol. The van der Waals surface area contributed by atoms with Crippen molar-refractivity contribution in [3.8, 4) is 0 Å². The van der Waals surface area contributed by atoms with Crippen LogP contribution in [-0.2, 0) is 81.1 Å². The molecule has 7 aliphatic rings. The van der Waals surface area contributed by atoms with Gasteiger partial charge in [-0.15, -0.1) is 0 Å². The zero-order chi connectivity index (χ0) is 62.9. The van der Waals surface area contributed by atoms with Crippen LogP contribution in [-0.4, -0.2) is 148 Å². The third-order valence-electron chi connectivity index (χ3n) is 18.8. The third kappa shape index (κ3) is 12.5. The van der Waals surface area contributed by atoms with Crippen LogP contribution >= 0.6 is 0 Å². The van der Waals surface area contributed by atoms with Crippen LogP contribution in [0.2, 0.25) is 0 Å². The number of esters is 6. The van der Waals surface area contributed by atoms with E-state index in [1.54, 1.807) is 36.4 Å². The summed E-state index contributed by atoms with van der Waals surface area (Å²) in [7, 11) is 0. The molecule has 2 saturated heterocycles. The molecule has 25 heteroatoms. The van der Waals surface area contributed by atoms with Gasteiger partial charge in [-0.1, -0.05) is 88.1 Å². The molecule has 2 aromatic carbocycles. The van der Waals surface area contributed by atoms with E-state index in [1.807, 2.05) is 5.32 Å². The molecule has 2 heterocycles. The smallest absolute Gasteiger partial charge is 0.350 e. The third-order valence-corrected chi connectivity index (χ3v) is 18.8. The molecule has 0 aromatic heterocycles. The first-order chi connectivity index (χ1) is 41.2. The number of carbonyl (C=O) groups is 12. The number of carboxylic acid groups (broad SMARTS) is 1. The molecule has 2 aromatic rings. The lowest BCUT2D eigenvalue weighted by molar-refractivity contribution is -0.346. The van der Waals surface area contributed by atoms with Crippen LogP contribution < -0.4 is 21.3 Å². The Balaban J connectivity index is 1.18. The van der Waals surface area contributed by atoms with Crippen LogP contribution in [0, 0.1) is 28.6 Å². The number of amides is 5. The van der Waals surface area contributed by atoms with Gasteiger partial charge in [-0.25, -0.2) is 14.4 Å². The Hall–Kier alpha value is -8.06. The topological polar surface area (TPSA) is 358 Å². The first-order valence-electron chi connectivity index (χ1n) is 29.5. The Bertz CT molecular complexity index is 3120. The minimum absolute atomic E-state index is 0.0131. The largest absolute Gasteiger partial charge is 0.481 e. The van der Waals surface area contributed by atoms with E-state index in [0.29, 0.717) is 38.5 Å². The van der Waals surface area contributed by atoms with Crippen molar-refractivity contribution in [1.82, 2.24) is 21.3 Å². The molecule has 5 aliphatic carbocycles. The maximum atomic E-state index is 16.5. The van der Waals surface area contributed by atoms with E-state index in [-0.39, 0.29) is 28.7 Å². The van der Waals surface area contributed by atoms with E-state index >= 15 is 9.59 Å². The van der Waals surface area contributed by atoms with Gasteiger partial charge in [0.2, 0.25) is 17.9 Å². The summed E-state index contributed by atoms with van der Waals surface area (Å²) in [6.07, 6.45) is -8.77. The molecule has 0 radical (unpaired) electrons. The molecular formula is C62H74N4O21. The highest BCUT2D eigenvalue weighted by molar-refractivity contribution is 6.06. The van der Waals surface area contributed by atoms with Gasteiger partial charge in [-0.2, -0.15) is 0 Å². The van der Waals surface area contributed by atoms with Crippen LogP contribution in [0.5, 0.6) is 0 Å². The van der Waals surface area contributed by atoms with E-state index in [9.17, 15) is 58.2 Å². The molecule has 468 valence electrons. The van der Waals surface area contributed by atoms with Gasteiger partial charge in [0.05, 0.1) is 41.8 Å². The summed E-state index contributed by atoms with van der Waals surface area (Å²) in [4.78, 5) is 167. The van der Waals surface area contributed by atoms with Gasteiger partial charge in [0.15, 0.2) is 17.5 Å². The summed E-state index contributed by atoms with van der Waals surface area (Å²) >= 11 is 0. The molecular weight excluding hydrogens is 1140 g/mol. The lowest BCUT2D eigenvalue weighted by Gasteiger charge is -2.67. The van der Waals surface area contributed by atoms with Crippen molar-refractivity contribution in [1.29, 1.82) is 0 Å². The first kappa shape index (κ1) is 63.4. The number of hydrogen-bond acceptors (Lipinski definition) is 20. The summed E-state index contributed by atoms with van der Waals surface area (Å²) in [6.45, 7) is 7.68. The van der Waals surface area contributed by atoms with E-state index < -0.39 is 198 Å². The Labute approximate surface area is 501 Å². The van der Waals surface area contributed by atoms with Crippen LogP contribution in [0.3, 0.4) is 0 Å². The number of imide groups is 1. The molecule has 0 spiro atoms. The number of carbonyl (C=O) groups excluding carboxylic acids is 11. The van der Waals surface area contributed by atoms with Crippen molar-refractivity contribution in [2.24, 2.45) is 28.6 Å². The zero-order valence-electron chi connectivity index (χ0n) is 49.3. The normalized spacial score (nSPS) is 30.1. The summed E-state index contributed by atoms with van der Waals surface area (Å²) in [5.74, 6) is -13.8. The second kappa shape index (κ2) is 25.3. The molecule has 4 saturated carbocycles. The Morgan fingerprint density at radius 1 is 0.782 bits per heavy atom. The summed E-state index contributed by atoms with van der Waals surface area (Å²) in [5.41, 5.74) is -8.53. The van der Waals surface area contributed by atoms with Crippen LogP contribution in [0.1, 0.15) is 147 Å². The number of fused-ring (bicyclic) bond motifs is 5. The maximum Gasteiger partial charge on any atom is 0.350 e. The Kier molecular flexibility index (Phi) is 18.5. The number of aliphatic carboxylic acids is 1. The lowest BCUT2D eigenvalue weighted by Crippen LogP contribution is -2.82. The maximum absolute atomic E-state index is 16.5. The zero-order valence-corrected chi connectivity index (χ0v) is 49.3. The molecule has 5 amide bonds. The monoisotopic (exact) mass is 1210 g/mol.